The van der Waals surface area contributed by atoms with Crippen LogP contribution in [0.15, 0.2) is 12.1 Å². The predicted molar refractivity (Wildman–Crippen MR) is 128 cm³/mol. The molecule has 0 spiro atoms. The number of rotatable bonds is 6. The van der Waals surface area contributed by atoms with Crippen molar-refractivity contribution in [2.45, 2.75) is 120 Å². The second-order valence-electron chi connectivity index (χ2n) is 9.88. The van der Waals surface area contributed by atoms with Gasteiger partial charge in [-0.25, -0.2) is 0 Å². The summed E-state index contributed by atoms with van der Waals surface area (Å²) in [5.41, 5.74) is 6.11. The van der Waals surface area contributed by atoms with Gasteiger partial charge in [-0.3, -0.25) is 0 Å². The van der Waals surface area contributed by atoms with E-state index in [0.29, 0.717) is 0 Å². The zero-order valence-electron chi connectivity index (χ0n) is 17.9. The van der Waals surface area contributed by atoms with Gasteiger partial charge in [0.1, 0.15) is 0 Å². The molecule has 0 heterocycles. The molecule has 0 amide bonds. The molecular weight excluding hydrogens is 336 g/mol. The lowest BCUT2D eigenvalue weighted by atomic mass is 9.71. The highest BCUT2D eigenvalue weighted by Crippen LogP contribution is 2.40. The minimum Gasteiger partial charge on any atom is -0.0776 e. The van der Waals surface area contributed by atoms with Crippen LogP contribution in [-0.4, -0.2) is 0 Å². The van der Waals surface area contributed by atoms with E-state index >= 15 is 0 Å². The first-order valence-electron chi connectivity index (χ1n) is 11.6. The lowest BCUT2D eigenvalue weighted by Crippen LogP contribution is -2.22. The second kappa shape index (κ2) is 12.0. The van der Waals surface area contributed by atoms with Crippen molar-refractivity contribution in [3.8, 4) is 0 Å². The number of hydrogen-bond donors (Lipinski definition) is 0. The molecule has 28 heavy (non-hydrogen) atoms. The molecule has 162 valence electrons. The van der Waals surface area contributed by atoms with Crippen molar-refractivity contribution >= 4 is 0 Å². The highest BCUT2D eigenvalue weighted by atomic mass is 14.3. The van der Waals surface area contributed by atoms with Crippen molar-refractivity contribution in [3.63, 3.8) is 0 Å². The quantitative estimate of drug-likeness (QED) is 0.457. The van der Waals surface area contributed by atoms with Gasteiger partial charge < -0.3 is 0 Å². The van der Waals surface area contributed by atoms with E-state index in [1.165, 1.54) is 87.3 Å². The van der Waals surface area contributed by atoms with Gasteiger partial charge in [0.25, 0.3) is 0 Å². The van der Waals surface area contributed by atoms with E-state index in [0.717, 1.165) is 23.7 Å². The van der Waals surface area contributed by atoms with Crippen LogP contribution in [0.5, 0.6) is 0 Å². The summed E-state index contributed by atoms with van der Waals surface area (Å²) in [5, 5.41) is 0. The fourth-order valence-corrected chi connectivity index (χ4v) is 6.13. The lowest BCUT2D eigenvalue weighted by Gasteiger charge is -2.34. The van der Waals surface area contributed by atoms with Gasteiger partial charge >= 0.3 is 0 Å². The molecule has 0 aliphatic heterocycles. The summed E-state index contributed by atoms with van der Waals surface area (Å²) in [6.45, 7) is 9.21. The molecule has 2 fully saturated rings. The van der Waals surface area contributed by atoms with E-state index in [9.17, 15) is 0 Å². The van der Waals surface area contributed by atoms with Crippen molar-refractivity contribution in [2.75, 3.05) is 0 Å². The molecule has 0 N–H and O–H groups in total. The zero-order valence-corrected chi connectivity index (χ0v) is 17.9. The Morgan fingerprint density at radius 3 is 1.57 bits per heavy atom. The van der Waals surface area contributed by atoms with Crippen molar-refractivity contribution in [1.82, 2.24) is 0 Å². The fraction of sp³-hybridized carbons (Fsp3) is 0.786. The van der Waals surface area contributed by atoms with Gasteiger partial charge in [-0.15, -0.1) is 0 Å². The molecular formula is C28H50. The second-order valence-corrected chi connectivity index (χ2v) is 9.88. The summed E-state index contributed by atoms with van der Waals surface area (Å²) in [4.78, 5) is 0. The van der Waals surface area contributed by atoms with E-state index < -0.39 is 0 Å². The summed E-state index contributed by atoms with van der Waals surface area (Å²) in [5.74, 6) is 4.10. The zero-order chi connectivity index (χ0) is 18.5. The van der Waals surface area contributed by atoms with Gasteiger partial charge in [0.2, 0.25) is 0 Å². The van der Waals surface area contributed by atoms with Crippen LogP contribution in [0, 0.1) is 44.4 Å². The third-order valence-corrected chi connectivity index (χ3v) is 7.63. The van der Waals surface area contributed by atoms with Crippen LogP contribution in [0.25, 0.3) is 0 Å². The van der Waals surface area contributed by atoms with E-state index in [1.807, 2.05) is 0 Å². The van der Waals surface area contributed by atoms with E-state index in [1.54, 1.807) is 12.0 Å². The monoisotopic (exact) mass is 386 g/mol. The summed E-state index contributed by atoms with van der Waals surface area (Å²) in [6.07, 6.45) is 17.8. The molecule has 0 radical (unpaired) electrons. The standard InChI is InChI=1S/C26H42.2CH4/c1-5-6-22-7-9-23(10-8-22)17-24-11-13-25(14-12-24)18-26-20(3)15-19(2)16-21(26)4;;/h15-16,22-25H,5-14,17-18H2,1-4H3;2*1H4. The Morgan fingerprint density at radius 2 is 1.11 bits per heavy atom. The van der Waals surface area contributed by atoms with Crippen molar-refractivity contribution in [1.29, 1.82) is 0 Å². The topological polar surface area (TPSA) is 0 Å². The van der Waals surface area contributed by atoms with E-state index in [-0.39, 0.29) is 14.9 Å². The average molecular weight is 387 g/mol. The number of aryl methyl sites for hydroxylation is 3. The maximum absolute atomic E-state index is 2.38. The van der Waals surface area contributed by atoms with Gasteiger partial charge in [-0.1, -0.05) is 90.8 Å². The van der Waals surface area contributed by atoms with Gasteiger partial charge in [-0.2, -0.15) is 0 Å². The smallest absolute Gasteiger partial charge is 0.0245 e. The highest BCUT2D eigenvalue weighted by molar-refractivity contribution is 5.37. The molecule has 3 rings (SSSR count). The normalized spacial score (nSPS) is 27.6. The van der Waals surface area contributed by atoms with Gasteiger partial charge in [0, 0.05) is 0 Å². The average Bonchev–Trinajstić information content (AvgIpc) is 2.61. The maximum Gasteiger partial charge on any atom is -0.0245 e. The van der Waals surface area contributed by atoms with Crippen molar-refractivity contribution in [3.05, 3.63) is 34.4 Å². The van der Waals surface area contributed by atoms with Crippen molar-refractivity contribution < 1.29 is 0 Å². The van der Waals surface area contributed by atoms with Crippen LogP contribution in [-0.2, 0) is 6.42 Å². The molecule has 0 atom stereocenters. The Kier molecular flexibility index (Phi) is 10.9. The van der Waals surface area contributed by atoms with Gasteiger partial charge in [-0.05, 0) is 86.8 Å². The molecule has 0 unspecified atom stereocenters. The van der Waals surface area contributed by atoms with Crippen LogP contribution in [0.3, 0.4) is 0 Å². The molecule has 2 saturated carbocycles. The third-order valence-electron chi connectivity index (χ3n) is 7.63. The minimum atomic E-state index is 0. The summed E-state index contributed by atoms with van der Waals surface area (Å²) in [6, 6.07) is 4.76. The summed E-state index contributed by atoms with van der Waals surface area (Å²) in [7, 11) is 0. The van der Waals surface area contributed by atoms with E-state index in [4.69, 9.17) is 0 Å². The number of hydrogen-bond acceptors (Lipinski definition) is 0. The summed E-state index contributed by atoms with van der Waals surface area (Å²) < 4.78 is 0. The van der Waals surface area contributed by atoms with Crippen LogP contribution >= 0.6 is 0 Å². The van der Waals surface area contributed by atoms with Crippen molar-refractivity contribution in [2.24, 2.45) is 23.7 Å². The Hall–Kier alpha value is -0.780. The number of benzene rings is 1. The van der Waals surface area contributed by atoms with Gasteiger partial charge in [0.15, 0.2) is 0 Å². The molecule has 2 aliphatic rings. The molecule has 0 bridgehead atoms. The summed E-state index contributed by atoms with van der Waals surface area (Å²) >= 11 is 0. The van der Waals surface area contributed by atoms with Gasteiger partial charge in [0.05, 0.1) is 0 Å². The first-order chi connectivity index (χ1) is 12.5. The molecule has 0 heteroatoms. The molecule has 0 saturated heterocycles. The molecule has 0 aromatic heterocycles. The Labute approximate surface area is 177 Å². The first kappa shape index (κ1) is 25.3. The third kappa shape index (κ3) is 6.93. The Balaban J connectivity index is 0.00000196. The largest absolute Gasteiger partial charge is 0.0776 e. The minimum absolute atomic E-state index is 0. The molecule has 1 aromatic rings. The highest BCUT2D eigenvalue weighted by Gasteiger charge is 2.27. The van der Waals surface area contributed by atoms with Crippen LogP contribution < -0.4 is 0 Å². The van der Waals surface area contributed by atoms with Crippen LogP contribution in [0.2, 0.25) is 0 Å². The predicted octanol–water partition coefficient (Wildman–Crippen LogP) is 9.23. The lowest BCUT2D eigenvalue weighted by molar-refractivity contribution is 0.187. The van der Waals surface area contributed by atoms with Crippen LogP contribution in [0.1, 0.15) is 115 Å². The maximum atomic E-state index is 2.38. The first-order valence-corrected chi connectivity index (χ1v) is 11.6. The van der Waals surface area contributed by atoms with Crippen LogP contribution in [0.4, 0.5) is 0 Å². The van der Waals surface area contributed by atoms with E-state index in [2.05, 4.69) is 39.8 Å². The Bertz CT molecular complexity index is 530. The Morgan fingerprint density at radius 1 is 0.679 bits per heavy atom. The molecule has 1 aromatic carbocycles. The SMILES string of the molecule is C.C.CCCC1CCC(CC2CCC(Cc3c(C)cc(C)cc3C)CC2)CC1. The molecule has 2 aliphatic carbocycles. The molecule has 0 nitrogen and oxygen atoms in total. The fourth-order valence-electron chi connectivity index (χ4n) is 6.13.